The van der Waals surface area contributed by atoms with Crippen LogP contribution in [-0.2, 0) is 4.74 Å². The maximum atomic E-state index is 9.14. The molecule has 3 nitrogen and oxygen atoms in total. The first-order chi connectivity index (χ1) is 7.47. The molecule has 0 saturated carbocycles. The summed E-state index contributed by atoms with van der Waals surface area (Å²) in [5, 5.41) is 18.0. The molecule has 1 aliphatic rings. The Morgan fingerprint density at radius 3 is 2.44 bits per heavy atom. The van der Waals surface area contributed by atoms with Gasteiger partial charge in [0.25, 0.3) is 0 Å². The highest BCUT2D eigenvalue weighted by molar-refractivity contribution is 5.56. The van der Waals surface area contributed by atoms with Crippen LogP contribution < -0.4 is 0 Å². The summed E-state index contributed by atoms with van der Waals surface area (Å²) in [4.78, 5) is 0. The van der Waals surface area contributed by atoms with E-state index in [4.69, 9.17) is 15.3 Å². The van der Waals surface area contributed by atoms with Gasteiger partial charge in [0.2, 0.25) is 0 Å². The first-order valence-corrected chi connectivity index (χ1v) is 5.05. The minimum Gasteiger partial charge on any atom is -0.481 e. The number of nitrogens with zero attached hydrogens (tertiary/aromatic N) is 2. The van der Waals surface area contributed by atoms with Crippen molar-refractivity contribution in [3.8, 4) is 12.1 Å². The number of hydrogen-bond acceptors (Lipinski definition) is 3. The zero-order valence-electron chi connectivity index (χ0n) is 9.96. The van der Waals surface area contributed by atoms with Gasteiger partial charge in [-0.25, -0.2) is 0 Å². The first-order valence-electron chi connectivity index (χ1n) is 5.05. The van der Waals surface area contributed by atoms with Gasteiger partial charge in [-0.1, -0.05) is 12.2 Å². The van der Waals surface area contributed by atoms with E-state index in [9.17, 15) is 0 Å². The van der Waals surface area contributed by atoms with Gasteiger partial charge < -0.3 is 4.74 Å². The molecule has 0 amide bonds. The third kappa shape index (κ3) is 1.85. The Hall–Kier alpha value is -2.00. The molecular weight excluding hydrogens is 200 g/mol. The molecule has 82 valence electrons. The molecule has 0 N–H and O–H groups in total. The van der Waals surface area contributed by atoms with Gasteiger partial charge in [-0.3, -0.25) is 0 Å². The highest BCUT2D eigenvalue weighted by atomic mass is 16.5. The maximum Gasteiger partial charge on any atom is 0.152 e. The molecule has 0 fully saturated rings. The summed E-state index contributed by atoms with van der Waals surface area (Å²) in [6.45, 7) is 7.31. The van der Waals surface area contributed by atoms with Crippen LogP contribution in [0.1, 0.15) is 27.7 Å². The van der Waals surface area contributed by atoms with Crippen molar-refractivity contribution in [3.05, 3.63) is 34.6 Å². The molecule has 0 aromatic carbocycles. The van der Waals surface area contributed by atoms with Gasteiger partial charge in [0.1, 0.15) is 17.2 Å². The topological polar surface area (TPSA) is 56.8 Å². The molecule has 0 aliphatic carbocycles. The van der Waals surface area contributed by atoms with Gasteiger partial charge >= 0.3 is 0 Å². The van der Waals surface area contributed by atoms with Crippen LogP contribution in [0, 0.1) is 22.7 Å². The predicted molar refractivity (Wildman–Crippen MR) is 60.9 cm³/mol. The standard InChI is InChI=1S/C13H14N2O/c1-5-6-11-10(8-15)12(9(2)7-14)16-13(11,3)4/h5-6H,1-4H3. The van der Waals surface area contributed by atoms with E-state index < -0.39 is 5.60 Å². The summed E-state index contributed by atoms with van der Waals surface area (Å²) in [5.74, 6) is 0.406. The van der Waals surface area contributed by atoms with Gasteiger partial charge in [-0.2, -0.15) is 10.5 Å². The minimum absolute atomic E-state index is 0.406. The van der Waals surface area contributed by atoms with Crippen LogP contribution >= 0.6 is 0 Å². The predicted octanol–water partition coefficient (Wildman–Crippen LogP) is 2.99. The zero-order valence-corrected chi connectivity index (χ0v) is 9.96. The van der Waals surface area contributed by atoms with Crippen molar-refractivity contribution in [1.82, 2.24) is 0 Å². The molecular formula is C13H14N2O. The van der Waals surface area contributed by atoms with Crippen LogP contribution in [-0.4, -0.2) is 5.60 Å². The van der Waals surface area contributed by atoms with Crippen LogP contribution in [0.5, 0.6) is 0 Å². The van der Waals surface area contributed by atoms with E-state index in [1.54, 1.807) is 6.92 Å². The van der Waals surface area contributed by atoms with Gasteiger partial charge in [0.15, 0.2) is 5.76 Å². The Bertz CT molecular complexity index is 479. The van der Waals surface area contributed by atoms with Crippen molar-refractivity contribution in [3.63, 3.8) is 0 Å². The van der Waals surface area contributed by atoms with Crippen LogP contribution in [0.4, 0.5) is 0 Å². The van der Waals surface area contributed by atoms with Crippen molar-refractivity contribution >= 4 is 0 Å². The fourth-order valence-corrected chi connectivity index (χ4v) is 1.66. The van der Waals surface area contributed by atoms with E-state index in [0.717, 1.165) is 5.57 Å². The van der Waals surface area contributed by atoms with E-state index in [2.05, 4.69) is 6.07 Å². The minimum atomic E-state index is -0.551. The highest BCUT2D eigenvalue weighted by Crippen LogP contribution is 2.39. The van der Waals surface area contributed by atoms with Crippen LogP contribution in [0.25, 0.3) is 0 Å². The molecule has 3 heteroatoms. The van der Waals surface area contributed by atoms with Crippen molar-refractivity contribution in [2.24, 2.45) is 0 Å². The summed E-state index contributed by atoms with van der Waals surface area (Å²) in [6.07, 6.45) is 3.72. The Kier molecular flexibility index (Phi) is 3.20. The molecule has 0 unspecified atom stereocenters. The van der Waals surface area contributed by atoms with E-state index in [0.29, 0.717) is 16.9 Å². The molecule has 1 aliphatic heterocycles. The SMILES string of the molecule is CC=CC1=C(C#N)C(=C(C)C#N)OC1(C)C. The number of nitriles is 2. The van der Waals surface area contributed by atoms with Crippen molar-refractivity contribution < 1.29 is 4.74 Å². The molecule has 0 radical (unpaired) electrons. The Balaban J connectivity index is 3.49. The fraction of sp³-hybridized carbons (Fsp3) is 0.385. The second kappa shape index (κ2) is 4.24. The second-order valence-corrected chi connectivity index (χ2v) is 4.08. The monoisotopic (exact) mass is 214 g/mol. The molecule has 1 heterocycles. The second-order valence-electron chi connectivity index (χ2n) is 4.08. The van der Waals surface area contributed by atoms with E-state index in [1.807, 2.05) is 39.0 Å². The lowest BCUT2D eigenvalue weighted by Gasteiger charge is -2.20. The average Bonchev–Trinajstić information content (AvgIpc) is 2.50. The largest absolute Gasteiger partial charge is 0.481 e. The normalized spacial score (nSPS) is 21.6. The average molecular weight is 214 g/mol. The Morgan fingerprint density at radius 2 is 2.00 bits per heavy atom. The molecule has 0 atom stereocenters. The van der Waals surface area contributed by atoms with Gasteiger partial charge in [0.05, 0.1) is 11.6 Å². The summed E-state index contributed by atoms with van der Waals surface area (Å²) < 4.78 is 5.68. The third-order valence-corrected chi connectivity index (χ3v) is 2.46. The summed E-state index contributed by atoms with van der Waals surface area (Å²) in [5.41, 5.74) is 1.17. The number of rotatable bonds is 1. The number of allylic oxidation sites excluding steroid dienone is 3. The first kappa shape index (κ1) is 12.1. The molecule has 0 aromatic rings. The van der Waals surface area contributed by atoms with Gasteiger partial charge in [0, 0.05) is 5.57 Å². The fourth-order valence-electron chi connectivity index (χ4n) is 1.66. The Labute approximate surface area is 95.9 Å². The summed E-state index contributed by atoms with van der Waals surface area (Å²) in [6, 6.07) is 4.13. The van der Waals surface area contributed by atoms with Crippen LogP contribution in [0.15, 0.2) is 34.6 Å². The molecule has 0 spiro atoms. The van der Waals surface area contributed by atoms with Crippen LogP contribution in [0.2, 0.25) is 0 Å². The smallest absolute Gasteiger partial charge is 0.152 e. The molecule has 0 bridgehead atoms. The summed E-state index contributed by atoms with van der Waals surface area (Å²) >= 11 is 0. The number of ether oxygens (including phenoxy) is 1. The third-order valence-electron chi connectivity index (χ3n) is 2.46. The van der Waals surface area contributed by atoms with Crippen molar-refractivity contribution in [1.29, 1.82) is 10.5 Å². The maximum absolute atomic E-state index is 9.14. The van der Waals surface area contributed by atoms with E-state index in [-0.39, 0.29) is 0 Å². The quantitative estimate of drug-likeness (QED) is 0.630. The molecule has 16 heavy (non-hydrogen) atoms. The zero-order chi connectivity index (χ0) is 12.3. The van der Waals surface area contributed by atoms with E-state index >= 15 is 0 Å². The highest BCUT2D eigenvalue weighted by Gasteiger charge is 2.37. The van der Waals surface area contributed by atoms with Crippen molar-refractivity contribution in [2.75, 3.05) is 0 Å². The molecule has 0 saturated heterocycles. The summed E-state index contributed by atoms with van der Waals surface area (Å²) in [7, 11) is 0. The van der Waals surface area contributed by atoms with Gasteiger partial charge in [-0.05, 0) is 27.7 Å². The molecule has 0 aromatic heterocycles. The lowest BCUT2D eigenvalue weighted by atomic mass is 9.95. The lowest BCUT2D eigenvalue weighted by molar-refractivity contribution is 0.0948. The van der Waals surface area contributed by atoms with Crippen LogP contribution in [0.3, 0.4) is 0 Å². The lowest BCUT2D eigenvalue weighted by Crippen LogP contribution is -2.20. The van der Waals surface area contributed by atoms with Crippen molar-refractivity contribution in [2.45, 2.75) is 33.3 Å². The molecule has 1 rings (SSSR count). The van der Waals surface area contributed by atoms with E-state index in [1.165, 1.54) is 0 Å². The number of hydrogen-bond donors (Lipinski definition) is 0. The Morgan fingerprint density at radius 1 is 1.38 bits per heavy atom. The van der Waals surface area contributed by atoms with Gasteiger partial charge in [-0.15, -0.1) is 0 Å².